The minimum absolute atomic E-state index is 0.967. The Balaban J connectivity index is 2.25. The van der Waals surface area contributed by atoms with Crippen LogP contribution in [-0.4, -0.2) is 6.21 Å². The lowest BCUT2D eigenvalue weighted by Gasteiger charge is -1.99. The predicted molar refractivity (Wildman–Crippen MR) is 75.0 cm³/mol. The van der Waals surface area contributed by atoms with E-state index in [1.54, 1.807) is 0 Å². The van der Waals surface area contributed by atoms with E-state index in [0.29, 0.717) is 0 Å². The second-order valence-electron chi connectivity index (χ2n) is 3.93. The first-order chi connectivity index (χ1) is 8.29. The maximum Gasteiger partial charge on any atom is 0.0630 e. The molecule has 2 aromatic rings. The van der Waals surface area contributed by atoms with Crippen molar-refractivity contribution in [3.05, 3.63) is 71.8 Å². The fraction of sp³-hybridized carbons (Fsp3) is 0.0625. The summed E-state index contributed by atoms with van der Waals surface area (Å²) in [5.74, 6) is 0. The quantitative estimate of drug-likeness (QED) is 0.682. The molecule has 0 aliphatic rings. The minimum Gasteiger partial charge on any atom is -0.256 e. The Labute approximate surface area is 102 Å². The molecule has 0 N–H and O–H groups in total. The first-order valence-electron chi connectivity index (χ1n) is 5.62. The summed E-state index contributed by atoms with van der Waals surface area (Å²) >= 11 is 0. The van der Waals surface area contributed by atoms with E-state index in [4.69, 9.17) is 0 Å². The summed E-state index contributed by atoms with van der Waals surface area (Å²) in [6.45, 7) is 5.87. The van der Waals surface area contributed by atoms with Crippen LogP contribution in [-0.2, 0) is 0 Å². The smallest absolute Gasteiger partial charge is 0.0630 e. The molecule has 0 heterocycles. The molecule has 84 valence electrons. The zero-order valence-electron chi connectivity index (χ0n) is 9.93. The monoisotopic (exact) mass is 221 g/mol. The average Bonchev–Trinajstić information content (AvgIpc) is 2.38. The van der Waals surface area contributed by atoms with E-state index in [0.717, 1.165) is 16.8 Å². The number of nitrogens with zero attached hydrogens (tertiary/aromatic N) is 1. The Hall–Kier alpha value is -2.15. The number of benzene rings is 2. The third-order valence-electron chi connectivity index (χ3n) is 2.60. The standard InChI is InChI=1S/C16H15N/c1-3-14-6-4-5-7-15(14)12-17-16-10-8-13(2)9-11-16/h3-12H,1H2,2H3/b17-12-. The molecule has 0 aliphatic heterocycles. The normalized spacial score (nSPS) is 10.6. The van der Waals surface area contributed by atoms with Crippen molar-refractivity contribution in [2.24, 2.45) is 4.99 Å². The van der Waals surface area contributed by atoms with E-state index >= 15 is 0 Å². The molecule has 0 radical (unpaired) electrons. The maximum absolute atomic E-state index is 4.45. The summed E-state index contributed by atoms with van der Waals surface area (Å²) in [5.41, 5.74) is 4.40. The van der Waals surface area contributed by atoms with Crippen LogP contribution in [0, 0.1) is 6.92 Å². The zero-order chi connectivity index (χ0) is 12.1. The van der Waals surface area contributed by atoms with Crippen molar-refractivity contribution in [3.8, 4) is 0 Å². The molecule has 0 saturated heterocycles. The summed E-state index contributed by atoms with van der Waals surface area (Å²) in [6.07, 6.45) is 3.72. The van der Waals surface area contributed by atoms with Gasteiger partial charge in [0.1, 0.15) is 0 Å². The third kappa shape index (κ3) is 2.91. The van der Waals surface area contributed by atoms with Gasteiger partial charge in [0.25, 0.3) is 0 Å². The van der Waals surface area contributed by atoms with Gasteiger partial charge in [0.2, 0.25) is 0 Å². The van der Waals surface area contributed by atoms with Crippen LogP contribution in [0.1, 0.15) is 16.7 Å². The van der Waals surface area contributed by atoms with Gasteiger partial charge in [0.05, 0.1) is 5.69 Å². The summed E-state index contributed by atoms with van der Waals surface area (Å²) in [7, 11) is 0. The van der Waals surface area contributed by atoms with Crippen molar-refractivity contribution < 1.29 is 0 Å². The van der Waals surface area contributed by atoms with Crippen LogP contribution in [0.4, 0.5) is 5.69 Å². The van der Waals surface area contributed by atoms with Gasteiger partial charge >= 0.3 is 0 Å². The van der Waals surface area contributed by atoms with Crippen LogP contribution < -0.4 is 0 Å². The van der Waals surface area contributed by atoms with Crippen molar-refractivity contribution in [1.82, 2.24) is 0 Å². The van der Waals surface area contributed by atoms with Crippen LogP contribution in [0.3, 0.4) is 0 Å². The Morgan fingerprint density at radius 1 is 0.941 bits per heavy atom. The van der Waals surface area contributed by atoms with E-state index in [9.17, 15) is 0 Å². The van der Waals surface area contributed by atoms with Crippen LogP contribution in [0.25, 0.3) is 6.08 Å². The van der Waals surface area contributed by atoms with E-state index in [-0.39, 0.29) is 0 Å². The first-order valence-corrected chi connectivity index (χ1v) is 5.62. The fourth-order valence-electron chi connectivity index (χ4n) is 1.59. The molecule has 0 saturated carbocycles. The van der Waals surface area contributed by atoms with Gasteiger partial charge in [-0.25, -0.2) is 0 Å². The van der Waals surface area contributed by atoms with Gasteiger partial charge in [-0.2, -0.15) is 0 Å². The highest BCUT2D eigenvalue weighted by Crippen LogP contribution is 2.14. The van der Waals surface area contributed by atoms with Gasteiger partial charge in [-0.3, -0.25) is 4.99 Å². The van der Waals surface area contributed by atoms with Crippen LogP contribution in [0.15, 0.2) is 60.1 Å². The van der Waals surface area contributed by atoms with Gasteiger partial charge in [0.15, 0.2) is 0 Å². The molecule has 0 spiro atoms. The number of rotatable bonds is 3. The zero-order valence-corrected chi connectivity index (χ0v) is 9.93. The van der Waals surface area contributed by atoms with E-state index < -0.39 is 0 Å². The van der Waals surface area contributed by atoms with Crippen LogP contribution >= 0.6 is 0 Å². The Bertz CT molecular complexity index is 536. The number of hydrogen-bond acceptors (Lipinski definition) is 1. The number of aliphatic imine (C=N–C) groups is 1. The van der Waals surface area contributed by atoms with Crippen molar-refractivity contribution in [1.29, 1.82) is 0 Å². The molecule has 0 amide bonds. The van der Waals surface area contributed by atoms with Gasteiger partial charge in [-0.15, -0.1) is 0 Å². The molecule has 2 rings (SSSR count). The molecule has 0 unspecified atom stereocenters. The third-order valence-corrected chi connectivity index (χ3v) is 2.60. The fourth-order valence-corrected chi connectivity index (χ4v) is 1.59. The summed E-state index contributed by atoms with van der Waals surface area (Å²) in [5, 5.41) is 0. The lowest BCUT2D eigenvalue weighted by molar-refractivity contribution is 1.44. The molecular formula is C16H15N. The molecular weight excluding hydrogens is 206 g/mol. The topological polar surface area (TPSA) is 12.4 Å². The van der Waals surface area contributed by atoms with Crippen molar-refractivity contribution in [3.63, 3.8) is 0 Å². The molecule has 1 heteroatoms. The molecule has 17 heavy (non-hydrogen) atoms. The number of aryl methyl sites for hydroxylation is 1. The highest BCUT2D eigenvalue weighted by atomic mass is 14.7. The van der Waals surface area contributed by atoms with Crippen LogP contribution in [0.2, 0.25) is 0 Å². The first kappa shape index (κ1) is 11.3. The SMILES string of the molecule is C=Cc1ccccc1/C=N\c1ccc(C)cc1. The summed E-state index contributed by atoms with van der Waals surface area (Å²) in [6, 6.07) is 16.2. The van der Waals surface area contributed by atoms with E-state index in [1.165, 1.54) is 5.56 Å². The maximum atomic E-state index is 4.45. The molecule has 0 aromatic heterocycles. The summed E-state index contributed by atoms with van der Waals surface area (Å²) in [4.78, 5) is 4.45. The molecule has 0 aliphatic carbocycles. The van der Waals surface area contributed by atoms with Crippen molar-refractivity contribution >= 4 is 18.0 Å². The Morgan fingerprint density at radius 3 is 2.24 bits per heavy atom. The summed E-state index contributed by atoms with van der Waals surface area (Å²) < 4.78 is 0. The number of hydrogen-bond donors (Lipinski definition) is 0. The van der Waals surface area contributed by atoms with Gasteiger partial charge in [-0.1, -0.05) is 54.6 Å². The Morgan fingerprint density at radius 2 is 1.59 bits per heavy atom. The van der Waals surface area contributed by atoms with Gasteiger partial charge < -0.3 is 0 Å². The van der Waals surface area contributed by atoms with Gasteiger partial charge in [-0.05, 0) is 30.2 Å². The lowest BCUT2D eigenvalue weighted by Crippen LogP contribution is -1.85. The van der Waals surface area contributed by atoms with E-state index in [2.05, 4.69) is 30.6 Å². The average molecular weight is 221 g/mol. The second kappa shape index (κ2) is 5.26. The molecule has 0 bridgehead atoms. The highest BCUT2D eigenvalue weighted by Gasteiger charge is 1.94. The Kier molecular flexibility index (Phi) is 3.51. The van der Waals surface area contributed by atoms with E-state index in [1.807, 2.05) is 48.7 Å². The predicted octanol–water partition coefficient (Wildman–Crippen LogP) is 4.39. The largest absolute Gasteiger partial charge is 0.256 e. The van der Waals surface area contributed by atoms with Crippen LogP contribution in [0.5, 0.6) is 0 Å². The molecule has 0 atom stereocenters. The second-order valence-corrected chi connectivity index (χ2v) is 3.93. The van der Waals surface area contributed by atoms with Crippen molar-refractivity contribution in [2.45, 2.75) is 6.92 Å². The van der Waals surface area contributed by atoms with Gasteiger partial charge in [0, 0.05) is 6.21 Å². The highest BCUT2D eigenvalue weighted by molar-refractivity contribution is 5.86. The molecule has 2 aromatic carbocycles. The van der Waals surface area contributed by atoms with Crippen molar-refractivity contribution in [2.75, 3.05) is 0 Å². The minimum atomic E-state index is 0.967. The molecule has 1 nitrogen and oxygen atoms in total. The lowest BCUT2D eigenvalue weighted by atomic mass is 10.1. The molecule has 0 fully saturated rings.